The first-order valence-corrected chi connectivity index (χ1v) is 15.0. The molecule has 0 fully saturated rings. The third-order valence-corrected chi connectivity index (χ3v) is 8.00. The average Bonchev–Trinajstić information content (AvgIpc) is 3.31. The van der Waals surface area contributed by atoms with E-state index >= 15 is 0 Å². The number of esters is 1. The average molecular weight is 634 g/mol. The molecule has 1 aliphatic rings. The smallest absolute Gasteiger partial charge is 0.338 e. The molecule has 7 nitrogen and oxygen atoms in total. The van der Waals surface area contributed by atoms with E-state index in [9.17, 15) is 9.59 Å². The van der Waals surface area contributed by atoms with Gasteiger partial charge in [0.25, 0.3) is 5.56 Å². The monoisotopic (exact) mass is 632 g/mol. The summed E-state index contributed by atoms with van der Waals surface area (Å²) in [4.78, 5) is 32.9. The maximum Gasteiger partial charge on any atom is 0.338 e. The predicted octanol–water partition coefficient (Wildman–Crippen LogP) is 5.65. The Morgan fingerprint density at radius 1 is 1.07 bits per heavy atom. The molecule has 0 bridgehead atoms. The summed E-state index contributed by atoms with van der Waals surface area (Å²) in [5, 5.41) is 0.813. The van der Waals surface area contributed by atoms with Crippen LogP contribution in [0.4, 0.5) is 0 Å². The number of hydrogen-bond acceptors (Lipinski definition) is 7. The Morgan fingerprint density at radius 2 is 1.81 bits per heavy atom. The number of thiazole rings is 1. The van der Waals surface area contributed by atoms with Gasteiger partial charge in [-0.2, -0.15) is 0 Å². The van der Waals surface area contributed by atoms with E-state index < -0.39 is 12.0 Å². The minimum Gasteiger partial charge on any atom is -0.490 e. The van der Waals surface area contributed by atoms with E-state index in [0.29, 0.717) is 49.3 Å². The van der Waals surface area contributed by atoms with Gasteiger partial charge in [-0.1, -0.05) is 82.9 Å². The highest BCUT2D eigenvalue weighted by Gasteiger charge is 2.35. The molecule has 0 saturated carbocycles. The Hall–Kier alpha value is -4.29. The Kier molecular flexibility index (Phi) is 9.37. The third-order valence-electron chi connectivity index (χ3n) is 6.49. The van der Waals surface area contributed by atoms with Crippen LogP contribution in [0.25, 0.3) is 11.8 Å². The molecule has 0 spiro atoms. The van der Waals surface area contributed by atoms with Crippen LogP contribution in [0.15, 0.2) is 82.1 Å². The van der Waals surface area contributed by atoms with E-state index in [1.54, 1.807) is 49.4 Å². The lowest BCUT2D eigenvalue weighted by atomic mass is 9.93. The zero-order chi connectivity index (χ0) is 30.5. The van der Waals surface area contributed by atoms with Gasteiger partial charge in [0.15, 0.2) is 16.3 Å². The Labute approximate surface area is 262 Å². The van der Waals surface area contributed by atoms with Crippen molar-refractivity contribution >= 4 is 52.3 Å². The molecular weight excluding hydrogens is 607 g/mol. The molecule has 2 heterocycles. The van der Waals surface area contributed by atoms with Crippen molar-refractivity contribution in [2.24, 2.45) is 4.99 Å². The van der Waals surface area contributed by atoms with Crippen LogP contribution in [0.3, 0.4) is 0 Å². The molecule has 1 aliphatic heterocycles. The molecule has 43 heavy (non-hydrogen) atoms. The first-order chi connectivity index (χ1) is 20.9. The molecule has 3 aromatic carbocycles. The molecule has 1 atom stereocenters. The van der Waals surface area contributed by atoms with Crippen LogP contribution in [0, 0.1) is 12.3 Å². The largest absolute Gasteiger partial charge is 0.490 e. The third kappa shape index (κ3) is 6.25. The summed E-state index contributed by atoms with van der Waals surface area (Å²) in [6.07, 6.45) is 7.06. The molecule has 0 aliphatic carbocycles. The van der Waals surface area contributed by atoms with Gasteiger partial charge in [0.2, 0.25) is 0 Å². The van der Waals surface area contributed by atoms with Gasteiger partial charge in [-0.05, 0) is 55.3 Å². The van der Waals surface area contributed by atoms with E-state index in [1.165, 1.54) is 15.9 Å². The van der Waals surface area contributed by atoms with Crippen molar-refractivity contribution in [3.63, 3.8) is 0 Å². The lowest BCUT2D eigenvalue weighted by Gasteiger charge is -2.25. The van der Waals surface area contributed by atoms with Crippen molar-refractivity contribution in [2.45, 2.75) is 19.9 Å². The second-order valence-corrected chi connectivity index (χ2v) is 11.1. The van der Waals surface area contributed by atoms with Crippen LogP contribution < -0.4 is 24.4 Å². The fraction of sp³-hybridized carbons (Fsp3) is 0.182. The van der Waals surface area contributed by atoms with Crippen molar-refractivity contribution in [3.8, 4) is 23.8 Å². The van der Waals surface area contributed by atoms with E-state index in [4.69, 9.17) is 48.8 Å². The standard InChI is InChI=1S/C33H26Cl2N2O5S/c1-4-16-42-30-24(35)17-20(18-25(30)40-5-2)19-26-31(38)37-29(22-12-14-23(34)15-13-22)27(32(39)41-6-3)28(36-33(37)43-26)21-10-8-7-9-11-21/h1,7-15,17-19,29H,5-6,16H2,2-3H3/b26-19-/t29-/m1/s1. The van der Waals surface area contributed by atoms with Gasteiger partial charge < -0.3 is 14.2 Å². The van der Waals surface area contributed by atoms with E-state index in [0.717, 1.165) is 5.56 Å². The summed E-state index contributed by atoms with van der Waals surface area (Å²) >= 11 is 13.9. The summed E-state index contributed by atoms with van der Waals surface area (Å²) in [7, 11) is 0. The maximum absolute atomic E-state index is 14.1. The quantitative estimate of drug-likeness (QED) is 0.176. The van der Waals surface area contributed by atoms with E-state index in [-0.39, 0.29) is 29.4 Å². The van der Waals surface area contributed by atoms with E-state index in [1.807, 2.05) is 37.3 Å². The first-order valence-electron chi connectivity index (χ1n) is 13.4. The Bertz CT molecular complexity index is 1920. The SMILES string of the molecule is C#CCOc1c(Cl)cc(/C=c2\sc3n(c2=O)[C@H](c2ccc(Cl)cc2)C(C(=O)OCC)=C(c2ccccc2)N=3)cc1OCC. The molecule has 4 aromatic rings. The molecule has 5 rings (SSSR count). The fourth-order valence-electron chi connectivity index (χ4n) is 4.74. The number of nitrogens with zero attached hydrogens (tertiary/aromatic N) is 2. The molecular formula is C33H26Cl2N2O5S. The number of hydrogen-bond donors (Lipinski definition) is 0. The molecule has 10 heteroatoms. The van der Waals surface area contributed by atoms with Crippen molar-refractivity contribution in [1.82, 2.24) is 4.57 Å². The van der Waals surface area contributed by atoms with Gasteiger partial charge in [0, 0.05) is 10.6 Å². The van der Waals surface area contributed by atoms with E-state index in [2.05, 4.69) is 5.92 Å². The van der Waals surface area contributed by atoms with Crippen LogP contribution in [0.1, 0.15) is 36.6 Å². The van der Waals surface area contributed by atoms with Crippen LogP contribution in [0.2, 0.25) is 10.0 Å². The first kappa shape index (κ1) is 30.2. The number of carbonyl (C=O) groups is 1. The summed E-state index contributed by atoms with van der Waals surface area (Å²) < 4.78 is 18.8. The number of fused-ring (bicyclic) bond motifs is 1. The van der Waals surface area contributed by atoms with Crippen molar-refractivity contribution in [1.29, 1.82) is 0 Å². The van der Waals surface area contributed by atoms with Gasteiger partial charge in [-0.25, -0.2) is 9.79 Å². The lowest BCUT2D eigenvalue weighted by Crippen LogP contribution is -2.40. The molecule has 0 radical (unpaired) electrons. The van der Waals surface area contributed by atoms with Gasteiger partial charge in [0.05, 0.1) is 40.1 Å². The summed E-state index contributed by atoms with van der Waals surface area (Å²) in [5.74, 6) is 2.59. The van der Waals surface area contributed by atoms with Crippen LogP contribution >= 0.6 is 34.5 Å². The second kappa shape index (κ2) is 13.3. The number of ether oxygens (including phenoxy) is 3. The number of terminal acetylenes is 1. The van der Waals surface area contributed by atoms with Gasteiger partial charge in [-0.3, -0.25) is 9.36 Å². The topological polar surface area (TPSA) is 79.1 Å². The van der Waals surface area contributed by atoms with Crippen LogP contribution in [-0.4, -0.2) is 30.4 Å². The second-order valence-electron chi connectivity index (χ2n) is 9.24. The summed E-state index contributed by atoms with van der Waals surface area (Å²) in [6, 6.07) is 19.0. The maximum atomic E-state index is 14.1. The van der Waals surface area contributed by atoms with Crippen LogP contribution in [-0.2, 0) is 9.53 Å². The lowest BCUT2D eigenvalue weighted by molar-refractivity contribution is -0.138. The zero-order valence-corrected chi connectivity index (χ0v) is 25.6. The number of carbonyl (C=O) groups excluding carboxylic acids is 1. The molecule has 0 unspecified atom stereocenters. The normalized spacial score (nSPS) is 14.5. The highest BCUT2D eigenvalue weighted by molar-refractivity contribution is 7.07. The minimum atomic E-state index is -0.813. The Balaban J connectivity index is 1.76. The predicted molar refractivity (Wildman–Crippen MR) is 169 cm³/mol. The van der Waals surface area contributed by atoms with Crippen molar-refractivity contribution < 1.29 is 19.0 Å². The number of halogens is 2. The van der Waals surface area contributed by atoms with Gasteiger partial charge in [0.1, 0.15) is 6.61 Å². The number of benzene rings is 3. The fourth-order valence-corrected chi connectivity index (χ4v) is 6.14. The van der Waals surface area contributed by atoms with Gasteiger partial charge >= 0.3 is 5.97 Å². The molecule has 1 aromatic heterocycles. The van der Waals surface area contributed by atoms with Crippen LogP contribution in [0.5, 0.6) is 11.5 Å². The highest BCUT2D eigenvalue weighted by Crippen LogP contribution is 2.38. The molecule has 218 valence electrons. The van der Waals surface area contributed by atoms with Crippen molar-refractivity contribution in [3.05, 3.63) is 119 Å². The number of rotatable bonds is 9. The zero-order valence-electron chi connectivity index (χ0n) is 23.3. The minimum absolute atomic E-state index is 0.0228. The van der Waals surface area contributed by atoms with Crippen molar-refractivity contribution in [2.75, 3.05) is 19.8 Å². The summed E-state index contributed by atoms with van der Waals surface area (Å²) in [5.41, 5.74) is 2.37. The summed E-state index contributed by atoms with van der Waals surface area (Å²) in [6.45, 7) is 4.12. The Morgan fingerprint density at radius 3 is 2.49 bits per heavy atom. The molecule has 0 amide bonds. The molecule has 0 N–H and O–H groups in total. The highest BCUT2D eigenvalue weighted by atomic mass is 35.5. The number of aromatic nitrogens is 1. The molecule has 0 saturated heterocycles. The van der Waals surface area contributed by atoms with Gasteiger partial charge in [-0.15, -0.1) is 6.42 Å².